The van der Waals surface area contributed by atoms with Crippen LogP contribution in [-0.2, 0) is 16.0 Å². The van der Waals surface area contributed by atoms with E-state index < -0.39 is 0 Å². The van der Waals surface area contributed by atoms with Gasteiger partial charge in [-0.05, 0) is 41.8 Å². The number of methoxy groups -OCH3 is 1. The van der Waals surface area contributed by atoms with Crippen molar-refractivity contribution in [2.24, 2.45) is 5.92 Å². The monoisotopic (exact) mass is 367 g/mol. The molecule has 2 aliphatic rings. The Hall–Kier alpha value is -2.53. The molecule has 5 nitrogen and oxygen atoms in total. The third-order valence-corrected chi connectivity index (χ3v) is 5.53. The molecular weight excluding hydrogens is 342 g/mol. The van der Waals surface area contributed by atoms with Crippen LogP contribution >= 0.6 is 0 Å². The molecule has 0 aliphatic carbocycles. The Labute approximate surface area is 159 Å². The fourth-order valence-electron chi connectivity index (χ4n) is 4.15. The van der Waals surface area contributed by atoms with E-state index in [0.29, 0.717) is 6.61 Å². The minimum atomic E-state index is -0.280. The number of hydrogen-bond acceptors (Lipinski definition) is 5. The van der Waals surface area contributed by atoms with Crippen molar-refractivity contribution in [1.29, 1.82) is 0 Å². The van der Waals surface area contributed by atoms with Gasteiger partial charge in [-0.15, -0.1) is 0 Å². The molecule has 0 aromatic heterocycles. The van der Waals surface area contributed by atoms with E-state index >= 15 is 0 Å². The summed E-state index contributed by atoms with van der Waals surface area (Å²) in [5.41, 5.74) is 3.43. The van der Waals surface area contributed by atoms with Crippen LogP contribution in [0.2, 0.25) is 0 Å². The molecule has 2 aromatic rings. The second-order valence-corrected chi connectivity index (χ2v) is 7.01. The number of benzene rings is 2. The second-order valence-electron chi connectivity index (χ2n) is 7.01. The fourth-order valence-corrected chi connectivity index (χ4v) is 4.15. The molecule has 0 unspecified atom stereocenters. The summed E-state index contributed by atoms with van der Waals surface area (Å²) < 4.78 is 16.4. The highest BCUT2D eigenvalue weighted by Gasteiger charge is 2.43. The van der Waals surface area contributed by atoms with Gasteiger partial charge >= 0.3 is 5.97 Å². The van der Waals surface area contributed by atoms with Gasteiger partial charge in [-0.1, -0.05) is 24.3 Å². The van der Waals surface area contributed by atoms with Crippen molar-refractivity contribution in [2.45, 2.75) is 25.3 Å². The maximum atomic E-state index is 12.9. The third-order valence-electron chi connectivity index (χ3n) is 5.53. The molecule has 1 N–H and O–H groups in total. The number of fused-ring (bicyclic) bond motifs is 1. The summed E-state index contributed by atoms with van der Waals surface area (Å²) in [6.45, 7) is 3.68. The molecule has 1 fully saturated rings. The average molecular weight is 367 g/mol. The maximum Gasteiger partial charge on any atom is 0.311 e. The molecule has 4 rings (SSSR count). The predicted molar refractivity (Wildman–Crippen MR) is 102 cm³/mol. The molecule has 0 amide bonds. The van der Waals surface area contributed by atoms with E-state index in [9.17, 15) is 4.79 Å². The predicted octanol–water partition coefficient (Wildman–Crippen LogP) is 3.24. The van der Waals surface area contributed by atoms with Crippen molar-refractivity contribution in [1.82, 2.24) is 5.32 Å². The molecule has 3 atom stereocenters. The number of nitrogens with one attached hydrogen (secondary N) is 1. The number of ether oxygens (including phenoxy) is 3. The number of carbonyl (C=O) groups is 1. The van der Waals surface area contributed by atoms with Crippen molar-refractivity contribution < 1.29 is 19.0 Å². The zero-order valence-electron chi connectivity index (χ0n) is 15.7. The lowest BCUT2D eigenvalue weighted by molar-refractivity contribution is -0.148. The highest BCUT2D eigenvalue weighted by atomic mass is 16.5. The van der Waals surface area contributed by atoms with Gasteiger partial charge < -0.3 is 19.5 Å². The molecule has 0 saturated carbocycles. The summed E-state index contributed by atoms with van der Waals surface area (Å²) in [5.74, 6) is 1.36. The second kappa shape index (κ2) is 7.61. The molecule has 142 valence electrons. The molecule has 0 bridgehead atoms. The van der Waals surface area contributed by atoms with Crippen molar-refractivity contribution in [3.05, 3.63) is 59.2 Å². The number of esters is 1. The van der Waals surface area contributed by atoms with Crippen LogP contribution < -0.4 is 14.8 Å². The van der Waals surface area contributed by atoms with E-state index in [4.69, 9.17) is 14.2 Å². The molecule has 0 spiro atoms. The summed E-state index contributed by atoms with van der Waals surface area (Å²) in [5, 5.41) is 3.53. The quantitative estimate of drug-likeness (QED) is 0.823. The van der Waals surface area contributed by atoms with Crippen LogP contribution in [-0.4, -0.2) is 32.8 Å². The Morgan fingerprint density at radius 1 is 1.19 bits per heavy atom. The number of rotatable bonds is 5. The minimum absolute atomic E-state index is 0.0469. The van der Waals surface area contributed by atoms with Gasteiger partial charge in [0.2, 0.25) is 0 Å². The van der Waals surface area contributed by atoms with Gasteiger partial charge in [0.25, 0.3) is 0 Å². The normalized spacial score (nSPS) is 23.6. The van der Waals surface area contributed by atoms with Crippen molar-refractivity contribution in [3.63, 3.8) is 0 Å². The highest BCUT2D eigenvalue weighted by molar-refractivity contribution is 5.76. The van der Waals surface area contributed by atoms with Gasteiger partial charge in [0.05, 0.1) is 26.2 Å². The van der Waals surface area contributed by atoms with E-state index in [1.807, 2.05) is 31.2 Å². The summed E-state index contributed by atoms with van der Waals surface area (Å²) in [6.07, 6.45) is 0.953. The number of hydrogen-bond donors (Lipinski definition) is 1. The fraction of sp³-hybridized carbons (Fsp3) is 0.409. The Bertz CT molecular complexity index is 818. The molecule has 1 saturated heterocycles. The minimum Gasteiger partial charge on any atom is -0.497 e. The van der Waals surface area contributed by atoms with Crippen molar-refractivity contribution >= 4 is 5.97 Å². The van der Waals surface area contributed by atoms with E-state index in [2.05, 4.69) is 23.5 Å². The molecule has 2 aromatic carbocycles. The van der Waals surface area contributed by atoms with Gasteiger partial charge in [-0.3, -0.25) is 4.79 Å². The first-order valence-corrected chi connectivity index (χ1v) is 9.51. The van der Waals surface area contributed by atoms with Crippen LogP contribution in [0.3, 0.4) is 0 Å². The van der Waals surface area contributed by atoms with Crippen LogP contribution in [0.15, 0.2) is 42.5 Å². The molecule has 27 heavy (non-hydrogen) atoms. The zero-order chi connectivity index (χ0) is 18.8. The van der Waals surface area contributed by atoms with Crippen molar-refractivity contribution in [3.8, 4) is 11.5 Å². The van der Waals surface area contributed by atoms with E-state index in [-0.39, 0.29) is 23.8 Å². The van der Waals surface area contributed by atoms with Crippen LogP contribution in [0.25, 0.3) is 0 Å². The third kappa shape index (κ3) is 3.39. The Morgan fingerprint density at radius 3 is 2.70 bits per heavy atom. The average Bonchev–Trinajstić information content (AvgIpc) is 3.34. The molecule has 2 aliphatic heterocycles. The Balaban J connectivity index is 1.66. The smallest absolute Gasteiger partial charge is 0.311 e. The summed E-state index contributed by atoms with van der Waals surface area (Å²) in [7, 11) is 1.65. The Morgan fingerprint density at radius 2 is 1.96 bits per heavy atom. The first-order valence-electron chi connectivity index (χ1n) is 9.51. The topological polar surface area (TPSA) is 56.8 Å². The zero-order valence-corrected chi connectivity index (χ0v) is 15.7. The SMILES string of the molecule is CCOC(=O)[C@H]1[C@@H](c2ccc3c(c2)OCC3)CN[C@H]1c1ccc(OC)cc1. The van der Waals surface area contributed by atoms with Crippen LogP contribution in [0.4, 0.5) is 0 Å². The van der Waals surface area contributed by atoms with E-state index in [0.717, 1.165) is 42.2 Å². The molecule has 2 heterocycles. The first kappa shape index (κ1) is 17.9. The van der Waals surface area contributed by atoms with Crippen LogP contribution in [0.1, 0.15) is 35.6 Å². The molecular formula is C22H25NO4. The summed E-state index contributed by atoms with van der Waals surface area (Å²) in [6, 6.07) is 14.1. The van der Waals surface area contributed by atoms with E-state index in [1.54, 1.807) is 7.11 Å². The molecule has 0 radical (unpaired) electrons. The summed E-state index contributed by atoms with van der Waals surface area (Å²) >= 11 is 0. The maximum absolute atomic E-state index is 12.9. The summed E-state index contributed by atoms with van der Waals surface area (Å²) in [4.78, 5) is 12.9. The van der Waals surface area contributed by atoms with Crippen LogP contribution in [0, 0.1) is 5.92 Å². The lowest BCUT2D eigenvalue weighted by Gasteiger charge is -2.23. The van der Waals surface area contributed by atoms with Crippen molar-refractivity contribution in [2.75, 3.05) is 26.9 Å². The van der Waals surface area contributed by atoms with E-state index in [1.165, 1.54) is 5.56 Å². The highest BCUT2D eigenvalue weighted by Crippen LogP contribution is 2.42. The standard InChI is InChI=1S/C22H25NO4/c1-3-26-22(24)20-18(16-5-4-14-10-11-27-19(14)12-16)13-23-21(20)15-6-8-17(25-2)9-7-15/h4-9,12,18,20-21,23H,3,10-11,13H2,1-2H3/t18-,20+,21+/m1/s1. The lowest BCUT2D eigenvalue weighted by atomic mass is 9.82. The Kier molecular flexibility index (Phi) is 5.03. The first-order chi connectivity index (χ1) is 13.2. The van der Waals surface area contributed by atoms with Gasteiger partial charge in [-0.25, -0.2) is 0 Å². The van der Waals surface area contributed by atoms with Gasteiger partial charge in [0.1, 0.15) is 11.5 Å². The molecule has 5 heteroatoms. The van der Waals surface area contributed by atoms with Gasteiger partial charge in [0, 0.05) is 24.9 Å². The van der Waals surface area contributed by atoms with Gasteiger partial charge in [-0.2, -0.15) is 0 Å². The lowest BCUT2D eigenvalue weighted by Crippen LogP contribution is -2.27. The van der Waals surface area contributed by atoms with Gasteiger partial charge in [0.15, 0.2) is 0 Å². The van der Waals surface area contributed by atoms with Crippen LogP contribution in [0.5, 0.6) is 11.5 Å². The number of carbonyl (C=O) groups excluding carboxylic acids is 1. The largest absolute Gasteiger partial charge is 0.497 e.